The zero-order chi connectivity index (χ0) is 15.3. The van der Waals surface area contributed by atoms with Crippen molar-refractivity contribution in [2.45, 2.75) is 31.2 Å². The van der Waals surface area contributed by atoms with Gasteiger partial charge in [-0.25, -0.2) is 0 Å². The third kappa shape index (κ3) is 4.85. The Morgan fingerprint density at radius 3 is 2.50 bits per heavy atom. The second kappa shape index (κ2) is 8.13. The lowest BCUT2D eigenvalue weighted by molar-refractivity contribution is 0.0933. The molecule has 1 aromatic carbocycles. The number of nitrogens with two attached hydrogens (primary N) is 1. The summed E-state index contributed by atoms with van der Waals surface area (Å²) in [4.78, 5) is 13.1. The van der Waals surface area contributed by atoms with Crippen molar-refractivity contribution < 1.29 is 4.79 Å². The van der Waals surface area contributed by atoms with Crippen molar-refractivity contribution in [3.8, 4) is 0 Å². The fourth-order valence-electron chi connectivity index (χ4n) is 1.91. The number of carbonyl (C=O) groups excluding carboxylic acids is 1. The summed E-state index contributed by atoms with van der Waals surface area (Å²) in [6.07, 6.45) is 2.74. The minimum atomic E-state index is -0.210. The number of thioether (sulfide) groups is 1. The van der Waals surface area contributed by atoms with Crippen molar-refractivity contribution in [2.24, 2.45) is 11.7 Å². The molecule has 0 spiro atoms. The van der Waals surface area contributed by atoms with Crippen molar-refractivity contribution in [3.63, 3.8) is 0 Å². The van der Waals surface area contributed by atoms with Crippen molar-refractivity contribution in [1.82, 2.24) is 5.32 Å². The van der Waals surface area contributed by atoms with Crippen LogP contribution in [0.5, 0.6) is 0 Å². The first-order valence-electron chi connectivity index (χ1n) is 6.43. The van der Waals surface area contributed by atoms with E-state index in [9.17, 15) is 4.79 Å². The quantitative estimate of drug-likeness (QED) is 0.777. The molecule has 3 N–H and O–H groups in total. The molecule has 0 aliphatic heterocycles. The highest BCUT2D eigenvalue weighted by Crippen LogP contribution is 2.31. The lowest BCUT2D eigenvalue weighted by Crippen LogP contribution is -2.41. The van der Waals surface area contributed by atoms with Gasteiger partial charge in [0.2, 0.25) is 0 Å². The Labute approximate surface area is 134 Å². The summed E-state index contributed by atoms with van der Waals surface area (Å²) >= 11 is 13.6. The normalized spacial score (nSPS) is 12.6. The van der Waals surface area contributed by atoms with Crippen LogP contribution in [0.3, 0.4) is 0 Å². The predicted molar refractivity (Wildman–Crippen MR) is 88.0 cm³/mol. The molecule has 1 aromatic rings. The standard InChI is InChI=1S/C14H20Cl2N2OS/c1-8(2)4-9(7-17)18-14(19)10-5-13(20-3)12(16)6-11(10)15/h5-6,8-9H,4,7,17H2,1-3H3,(H,18,19). The highest BCUT2D eigenvalue weighted by Gasteiger charge is 2.17. The number of rotatable bonds is 6. The third-order valence-electron chi connectivity index (χ3n) is 2.86. The molecule has 0 aromatic heterocycles. The molecule has 1 unspecified atom stereocenters. The van der Waals surface area contributed by atoms with Gasteiger partial charge in [0, 0.05) is 17.5 Å². The van der Waals surface area contributed by atoms with Gasteiger partial charge in [-0.2, -0.15) is 0 Å². The van der Waals surface area contributed by atoms with Crippen LogP contribution in [0.2, 0.25) is 10.0 Å². The molecule has 112 valence electrons. The maximum absolute atomic E-state index is 12.3. The van der Waals surface area contributed by atoms with E-state index in [1.165, 1.54) is 11.8 Å². The lowest BCUT2D eigenvalue weighted by atomic mass is 10.0. The van der Waals surface area contributed by atoms with Crippen molar-refractivity contribution in [3.05, 3.63) is 27.7 Å². The van der Waals surface area contributed by atoms with Crippen LogP contribution in [-0.4, -0.2) is 24.7 Å². The highest BCUT2D eigenvalue weighted by atomic mass is 35.5. The van der Waals surface area contributed by atoms with E-state index < -0.39 is 0 Å². The molecule has 0 heterocycles. The molecule has 1 rings (SSSR count). The summed E-state index contributed by atoms with van der Waals surface area (Å²) in [6, 6.07) is 3.27. The molecular formula is C14H20Cl2N2OS. The Bertz CT molecular complexity index is 480. The summed E-state index contributed by atoms with van der Waals surface area (Å²) in [5.41, 5.74) is 6.13. The highest BCUT2D eigenvalue weighted by molar-refractivity contribution is 7.98. The molecule has 0 bridgehead atoms. The fourth-order valence-corrected chi connectivity index (χ4v) is 3.10. The van der Waals surface area contributed by atoms with Crippen LogP contribution in [0, 0.1) is 5.92 Å². The third-order valence-corrected chi connectivity index (χ3v) is 4.38. The van der Waals surface area contributed by atoms with Gasteiger partial charge >= 0.3 is 0 Å². The molecule has 6 heteroatoms. The number of carbonyl (C=O) groups is 1. The molecule has 0 fully saturated rings. The van der Waals surface area contributed by atoms with Crippen molar-refractivity contribution in [2.75, 3.05) is 12.8 Å². The molecule has 0 radical (unpaired) electrons. The predicted octanol–water partition coefficient (Wildman–Crippen LogP) is 3.82. The molecule has 20 heavy (non-hydrogen) atoms. The van der Waals surface area contributed by atoms with Gasteiger partial charge in [-0.1, -0.05) is 37.0 Å². The molecular weight excluding hydrogens is 315 g/mol. The Hall–Kier alpha value is -0.420. The van der Waals surface area contributed by atoms with Gasteiger partial charge in [0.15, 0.2) is 0 Å². The van der Waals surface area contributed by atoms with Crippen LogP contribution in [0.4, 0.5) is 0 Å². The molecule has 0 aliphatic rings. The monoisotopic (exact) mass is 334 g/mol. The Morgan fingerprint density at radius 2 is 2.00 bits per heavy atom. The first-order chi connectivity index (χ1) is 9.38. The second-order valence-electron chi connectivity index (χ2n) is 5.00. The number of amides is 1. The zero-order valence-electron chi connectivity index (χ0n) is 11.9. The number of hydrogen-bond acceptors (Lipinski definition) is 3. The van der Waals surface area contributed by atoms with E-state index in [2.05, 4.69) is 19.2 Å². The SMILES string of the molecule is CSc1cc(C(=O)NC(CN)CC(C)C)c(Cl)cc1Cl. The fraction of sp³-hybridized carbons (Fsp3) is 0.500. The Morgan fingerprint density at radius 1 is 1.35 bits per heavy atom. The number of benzene rings is 1. The van der Waals surface area contributed by atoms with E-state index in [4.69, 9.17) is 28.9 Å². The van der Waals surface area contributed by atoms with E-state index >= 15 is 0 Å². The topological polar surface area (TPSA) is 55.1 Å². The van der Waals surface area contributed by atoms with Gasteiger partial charge in [-0.15, -0.1) is 11.8 Å². The maximum Gasteiger partial charge on any atom is 0.253 e. The summed E-state index contributed by atoms with van der Waals surface area (Å²) in [5.74, 6) is 0.254. The zero-order valence-corrected chi connectivity index (χ0v) is 14.2. The van der Waals surface area contributed by atoms with Gasteiger partial charge in [-0.05, 0) is 30.7 Å². The van der Waals surface area contributed by atoms with Crippen molar-refractivity contribution in [1.29, 1.82) is 0 Å². The first kappa shape index (κ1) is 17.6. The van der Waals surface area contributed by atoms with Gasteiger partial charge in [0.05, 0.1) is 15.6 Å². The summed E-state index contributed by atoms with van der Waals surface area (Å²) < 4.78 is 0. The van der Waals surface area contributed by atoms with E-state index in [1.54, 1.807) is 12.1 Å². The van der Waals surface area contributed by atoms with Crippen molar-refractivity contribution >= 4 is 40.9 Å². The van der Waals surface area contributed by atoms with Crippen LogP contribution in [0.15, 0.2) is 17.0 Å². The summed E-state index contributed by atoms with van der Waals surface area (Å²) in [5, 5.41) is 3.83. The lowest BCUT2D eigenvalue weighted by Gasteiger charge is -2.19. The molecule has 0 aliphatic carbocycles. The van der Waals surface area contributed by atoms with E-state index in [-0.39, 0.29) is 11.9 Å². The smallest absolute Gasteiger partial charge is 0.253 e. The van der Waals surface area contributed by atoms with E-state index in [0.29, 0.717) is 28.1 Å². The average molecular weight is 335 g/mol. The molecule has 1 amide bonds. The minimum absolute atomic E-state index is 0.0491. The molecule has 3 nitrogen and oxygen atoms in total. The number of nitrogens with one attached hydrogen (secondary N) is 1. The maximum atomic E-state index is 12.3. The van der Waals surface area contributed by atoms with Gasteiger partial charge in [0.1, 0.15) is 0 Å². The average Bonchev–Trinajstić information content (AvgIpc) is 2.37. The van der Waals surface area contributed by atoms with Gasteiger partial charge in [0.25, 0.3) is 5.91 Å². The molecule has 0 saturated heterocycles. The first-order valence-corrected chi connectivity index (χ1v) is 8.41. The summed E-state index contributed by atoms with van der Waals surface area (Å²) in [6.45, 7) is 4.59. The number of hydrogen-bond donors (Lipinski definition) is 2. The largest absolute Gasteiger partial charge is 0.348 e. The van der Waals surface area contributed by atoms with E-state index in [0.717, 1.165) is 11.3 Å². The summed E-state index contributed by atoms with van der Waals surface area (Å²) in [7, 11) is 0. The van der Waals surface area contributed by atoms with Crippen LogP contribution >= 0.6 is 35.0 Å². The van der Waals surface area contributed by atoms with Crippen LogP contribution in [0.1, 0.15) is 30.6 Å². The van der Waals surface area contributed by atoms with E-state index in [1.807, 2.05) is 6.26 Å². The Kier molecular flexibility index (Phi) is 7.17. The second-order valence-corrected chi connectivity index (χ2v) is 6.66. The minimum Gasteiger partial charge on any atom is -0.348 e. The van der Waals surface area contributed by atoms with Crippen LogP contribution < -0.4 is 11.1 Å². The van der Waals surface area contributed by atoms with Crippen LogP contribution in [0.25, 0.3) is 0 Å². The Balaban J connectivity index is 2.91. The van der Waals surface area contributed by atoms with Crippen LogP contribution in [-0.2, 0) is 0 Å². The van der Waals surface area contributed by atoms with Gasteiger partial charge in [-0.3, -0.25) is 4.79 Å². The van der Waals surface area contributed by atoms with Gasteiger partial charge < -0.3 is 11.1 Å². The molecule has 0 saturated carbocycles. The molecule has 1 atom stereocenters. The number of halogens is 2.